The zero-order valence-corrected chi connectivity index (χ0v) is 16.2. The SMILES string of the molecule is COc1cc(OC)c(C2CC(=O)Nc3c2ncn3-c2ccccc2F)cc1OC. The number of carbonyl (C=O) groups excluding carboxylic acids is 1. The molecule has 1 aliphatic rings. The average Bonchev–Trinajstić information content (AvgIpc) is 3.15. The highest BCUT2D eigenvalue weighted by atomic mass is 19.1. The third-order valence-corrected chi connectivity index (χ3v) is 5.00. The molecule has 1 unspecified atom stereocenters. The third kappa shape index (κ3) is 3.16. The molecule has 2 aromatic carbocycles. The number of fused-ring (bicyclic) bond motifs is 1. The lowest BCUT2D eigenvalue weighted by Crippen LogP contribution is -2.25. The molecule has 7 nitrogen and oxygen atoms in total. The van der Waals surface area contributed by atoms with Crippen LogP contribution in [-0.4, -0.2) is 36.8 Å². The Bertz CT molecular complexity index is 1080. The molecule has 1 amide bonds. The number of carbonyl (C=O) groups is 1. The van der Waals surface area contributed by atoms with Gasteiger partial charge in [-0.05, 0) is 18.2 Å². The van der Waals surface area contributed by atoms with Gasteiger partial charge in [0.2, 0.25) is 5.91 Å². The van der Waals surface area contributed by atoms with Crippen LogP contribution in [0.25, 0.3) is 5.69 Å². The Hall–Kier alpha value is -3.55. The molecule has 0 aliphatic carbocycles. The summed E-state index contributed by atoms with van der Waals surface area (Å²) in [5.41, 5.74) is 1.67. The van der Waals surface area contributed by atoms with Gasteiger partial charge in [-0.3, -0.25) is 9.36 Å². The van der Waals surface area contributed by atoms with Crippen molar-refractivity contribution in [1.29, 1.82) is 0 Å². The Morgan fingerprint density at radius 3 is 2.45 bits per heavy atom. The predicted molar refractivity (Wildman–Crippen MR) is 105 cm³/mol. The molecule has 1 atom stereocenters. The van der Waals surface area contributed by atoms with Crippen LogP contribution in [0.15, 0.2) is 42.7 Å². The van der Waals surface area contributed by atoms with Crippen LogP contribution in [0.5, 0.6) is 17.2 Å². The number of rotatable bonds is 5. The summed E-state index contributed by atoms with van der Waals surface area (Å²) in [6, 6.07) is 9.83. The van der Waals surface area contributed by atoms with Gasteiger partial charge >= 0.3 is 0 Å². The number of hydrogen-bond acceptors (Lipinski definition) is 5. The van der Waals surface area contributed by atoms with E-state index in [0.29, 0.717) is 34.4 Å². The van der Waals surface area contributed by atoms with E-state index in [4.69, 9.17) is 14.2 Å². The van der Waals surface area contributed by atoms with Gasteiger partial charge in [0.15, 0.2) is 11.5 Å². The van der Waals surface area contributed by atoms with Crippen LogP contribution in [0.2, 0.25) is 0 Å². The van der Waals surface area contributed by atoms with Crippen LogP contribution in [0.3, 0.4) is 0 Å². The molecular formula is C21H20FN3O4. The number of hydrogen-bond donors (Lipinski definition) is 1. The summed E-state index contributed by atoms with van der Waals surface area (Å²) in [5, 5.41) is 2.82. The van der Waals surface area contributed by atoms with Crippen LogP contribution < -0.4 is 19.5 Å². The largest absolute Gasteiger partial charge is 0.496 e. The van der Waals surface area contributed by atoms with Gasteiger partial charge in [0.1, 0.15) is 23.7 Å². The van der Waals surface area contributed by atoms with Crippen LogP contribution >= 0.6 is 0 Å². The second kappa shape index (κ2) is 7.46. The monoisotopic (exact) mass is 397 g/mol. The van der Waals surface area contributed by atoms with E-state index in [1.807, 2.05) is 0 Å². The second-order valence-corrected chi connectivity index (χ2v) is 6.55. The van der Waals surface area contributed by atoms with Gasteiger partial charge in [0, 0.05) is 24.0 Å². The Balaban J connectivity index is 1.87. The molecule has 0 fully saturated rings. The molecule has 1 aromatic heterocycles. The number of para-hydroxylation sites is 1. The van der Waals surface area contributed by atoms with Crippen molar-refractivity contribution in [3.8, 4) is 22.9 Å². The van der Waals surface area contributed by atoms with E-state index in [-0.39, 0.29) is 18.2 Å². The summed E-state index contributed by atoms with van der Waals surface area (Å²) in [5.74, 6) is 1.03. The highest BCUT2D eigenvalue weighted by Crippen LogP contribution is 2.44. The minimum Gasteiger partial charge on any atom is -0.496 e. The minimum atomic E-state index is -0.409. The summed E-state index contributed by atoms with van der Waals surface area (Å²) in [4.78, 5) is 17.0. The maximum absolute atomic E-state index is 14.3. The van der Waals surface area contributed by atoms with Crippen molar-refractivity contribution in [3.63, 3.8) is 0 Å². The van der Waals surface area contributed by atoms with Crippen molar-refractivity contribution in [1.82, 2.24) is 9.55 Å². The number of ether oxygens (including phenoxy) is 3. The number of methoxy groups -OCH3 is 3. The van der Waals surface area contributed by atoms with Gasteiger partial charge in [-0.15, -0.1) is 0 Å². The molecule has 0 spiro atoms. The van der Waals surface area contributed by atoms with Crippen molar-refractivity contribution in [2.24, 2.45) is 0 Å². The van der Waals surface area contributed by atoms with Gasteiger partial charge in [0.05, 0.1) is 32.7 Å². The molecule has 0 radical (unpaired) electrons. The molecule has 3 aromatic rings. The Morgan fingerprint density at radius 2 is 1.76 bits per heavy atom. The van der Waals surface area contributed by atoms with Gasteiger partial charge in [-0.1, -0.05) is 12.1 Å². The first-order valence-electron chi connectivity index (χ1n) is 8.99. The zero-order valence-electron chi connectivity index (χ0n) is 16.2. The average molecular weight is 397 g/mol. The minimum absolute atomic E-state index is 0.174. The van der Waals surface area contributed by atoms with Crippen molar-refractivity contribution < 1.29 is 23.4 Å². The van der Waals surface area contributed by atoms with Gasteiger partial charge in [-0.25, -0.2) is 9.37 Å². The lowest BCUT2D eigenvalue weighted by Gasteiger charge is -2.25. The zero-order chi connectivity index (χ0) is 20.5. The summed E-state index contributed by atoms with van der Waals surface area (Å²) < 4.78 is 32.2. The Kier molecular flexibility index (Phi) is 4.84. The highest BCUT2D eigenvalue weighted by molar-refractivity contribution is 5.94. The van der Waals surface area contributed by atoms with E-state index < -0.39 is 5.82 Å². The maximum Gasteiger partial charge on any atom is 0.226 e. The lowest BCUT2D eigenvalue weighted by molar-refractivity contribution is -0.116. The van der Waals surface area contributed by atoms with E-state index >= 15 is 0 Å². The predicted octanol–water partition coefficient (Wildman–Crippen LogP) is 3.51. The van der Waals surface area contributed by atoms with Crippen molar-refractivity contribution in [2.45, 2.75) is 12.3 Å². The maximum atomic E-state index is 14.3. The number of imidazole rings is 1. The fourth-order valence-corrected chi connectivity index (χ4v) is 3.62. The molecule has 1 N–H and O–H groups in total. The van der Waals surface area contributed by atoms with Crippen LogP contribution in [-0.2, 0) is 4.79 Å². The quantitative estimate of drug-likeness (QED) is 0.713. The number of amides is 1. The molecule has 0 saturated carbocycles. The molecule has 29 heavy (non-hydrogen) atoms. The number of anilines is 1. The van der Waals surface area contributed by atoms with Crippen LogP contribution in [0.4, 0.5) is 10.2 Å². The van der Waals surface area contributed by atoms with E-state index in [1.54, 1.807) is 56.2 Å². The first kappa shape index (κ1) is 18.8. The van der Waals surface area contributed by atoms with E-state index in [0.717, 1.165) is 5.56 Å². The van der Waals surface area contributed by atoms with Crippen molar-refractivity contribution >= 4 is 11.7 Å². The molecular weight excluding hydrogens is 377 g/mol. The summed E-state index contributed by atoms with van der Waals surface area (Å²) in [7, 11) is 4.63. The van der Waals surface area contributed by atoms with Gasteiger partial charge < -0.3 is 19.5 Å². The number of aromatic nitrogens is 2. The summed E-state index contributed by atoms with van der Waals surface area (Å²) in [6.07, 6.45) is 1.68. The smallest absolute Gasteiger partial charge is 0.226 e. The summed E-state index contributed by atoms with van der Waals surface area (Å²) in [6.45, 7) is 0. The Morgan fingerprint density at radius 1 is 1.07 bits per heavy atom. The topological polar surface area (TPSA) is 74.6 Å². The fraction of sp³-hybridized carbons (Fsp3) is 0.238. The van der Waals surface area contributed by atoms with Crippen LogP contribution in [0, 0.1) is 5.82 Å². The van der Waals surface area contributed by atoms with Gasteiger partial charge in [-0.2, -0.15) is 0 Å². The molecule has 8 heteroatoms. The lowest BCUT2D eigenvalue weighted by atomic mass is 9.88. The molecule has 2 heterocycles. The number of halogens is 1. The first-order valence-corrected chi connectivity index (χ1v) is 8.99. The van der Waals surface area contributed by atoms with E-state index in [9.17, 15) is 9.18 Å². The second-order valence-electron chi connectivity index (χ2n) is 6.55. The van der Waals surface area contributed by atoms with E-state index in [1.165, 1.54) is 12.4 Å². The molecule has 1 aliphatic heterocycles. The van der Waals surface area contributed by atoms with Crippen LogP contribution in [0.1, 0.15) is 23.6 Å². The number of nitrogens with zero attached hydrogens (tertiary/aromatic N) is 2. The molecule has 0 bridgehead atoms. The normalized spacial score (nSPS) is 15.4. The summed E-state index contributed by atoms with van der Waals surface area (Å²) >= 11 is 0. The first-order chi connectivity index (χ1) is 14.1. The number of benzene rings is 2. The van der Waals surface area contributed by atoms with Gasteiger partial charge in [0.25, 0.3) is 0 Å². The Labute approximate surface area is 167 Å². The van der Waals surface area contributed by atoms with Crippen molar-refractivity contribution in [3.05, 3.63) is 59.8 Å². The van der Waals surface area contributed by atoms with E-state index in [2.05, 4.69) is 10.3 Å². The number of nitrogens with one attached hydrogen (secondary N) is 1. The standard InChI is InChI=1S/C21H20FN3O4/c1-27-16-10-18(29-3)17(28-2)8-12(16)13-9-19(26)24-21-20(13)23-11-25(21)15-7-5-4-6-14(15)22/h4-8,10-11,13H,9H2,1-3H3,(H,24,26). The molecule has 4 rings (SSSR count). The fourth-order valence-electron chi connectivity index (χ4n) is 3.62. The highest BCUT2D eigenvalue weighted by Gasteiger charge is 2.34. The molecule has 0 saturated heterocycles. The molecule has 150 valence electrons. The van der Waals surface area contributed by atoms with Crippen molar-refractivity contribution in [2.75, 3.05) is 26.6 Å². The third-order valence-electron chi connectivity index (χ3n) is 5.00.